The van der Waals surface area contributed by atoms with Gasteiger partial charge in [0.2, 0.25) is 0 Å². The number of pyridine rings is 1. The average molecular weight is 545 g/mol. The van der Waals surface area contributed by atoms with Crippen molar-refractivity contribution < 1.29 is 14.7 Å². The van der Waals surface area contributed by atoms with Crippen LogP contribution in [0.15, 0.2) is 65.3 Å². The van der Waals surface area contributed by atoms with E-state index in [0.717, 1.165) is 40.2 Å². The van der Waals surface area contributed by atoms with Crippen LogP contribution in [0.1, 0.15) is 61.4 Å². The zero-order valence-electron chi connectivity index (χ0n) is 21.0. The molecule has 1 aliphatic rings. The van der Waals surface area contributed by atoms with Crippen molar-refractivity contribution in [2.24, 2.45) is 5.10 Å². The van der Waals surface area contributed by atoms with Crippen LogP contribution in [0, 0.1) is 0 Å². The molecule has 0 saturated carbocycles. The molecule has 0 radical (unpaired) electrons. The normalized spacial score (nSPS) is 13.1. The van der Waals surface area contributed by atoms with E-state index < -0.39 is 5.91 Å². The number of carbonyl (C=O) groups excluding carboxylic acids is 2. The lowest BCUT2D eigenvalue weighted by atomic mass is 9.90. The van der Waals surface area contributed by atoms with Crippen molar-refractivity contribution in [1.29, 1.82) is 0 Å². The van der Waals surface area contributed by atoms with E-state index in [1.807, 2.05) is 17.5 Å². The Morgan fingerprint density at radius 3 is 2.53 bits per heavy atom. The number of nitrogens with one attached hydrogen (secondary N) is 2. The quantitative estimate of drug-likeness (QED) is 0.199. The summed E-state index contributed by atoms with van der Waals surface area (Å²) in [5, 5.41) is 19.9. The molecule has 1 aromatic carbocycles. The van der Waals surface area contributed by atoms with E-state index in [1.165, 1.54) is 35.3 Å². The van der Waals surface area contributed by atoms with Crippen LogP contribution >= 0.6 is 22.7 Å². The second-order valence-electron chi connectivity index (χ2n) is 9.18. The van der Waals surface area contributed by atoms with Gasteiger partial charge in [0.05, 0.1) is 25.9 Å². The second-order valence-corrected chi connectivity index (χ2v) is 11.1. The largest absolute Gasteiger partial charge is 0.506 e. The fraction of sp³-hybridized carbons (Fsp3) is 0.241. The Morgan fingerprint density at radius 2 is 1.74 bits per heavy atom. The van der Waals surface area contributed by atoms with Gasteiger partial charge in [-0.3, -0.25) is 14.6 Å². The lowest BCUT2D eigenvalue weighted by molar-refractivity contribution is 0.0951. The number of hydrogen-bond acceptors (Lipinski definition) is 7. The second kappa shape index (κ2) is 11.7. The Bertz CT molecular complexity index is 1490. The summed E-state index contributed by atoms with van der Waals surface area (Å²) in [6, 6.07) is 13.5. The van der Waals surface area contributed by atoms with E-state index in [1.54, 1.807) is 31.5 Å². The highest BCUT2D eigenvalue weighted by molar-refractivity contribution is 7.16. The van der Waals surface area contributed by atoms with Crippen molar-refractivity contribution >= 4 is 40.2 Å². The van der Waals surface area contributed by atoms with Gasteiger partial charge in [-0.05, 0) is 91.6 Å². The number of nitrogens with zero attached hydrogens (tertiary/aromatic N) is 2. The van der Waals surface area contributed by atoms with E-state index >= 15 is 0 Å². The van der Waals surface area contributed by atoms with Crippen LogP contribution in [0.4, 0.5) is 0 Å². The number of hydrazone groups is 1. The molecule has 0 bridgehead atoms. The predicted octanol–water partition coefficient (Wildman–Crippen LogP) is 5.58. The topological polar surface area (TPSA) is 104 Å². The molecule has 38 heavy (non-hydrogen) atoms. The SMILES string of the molecule is CC(=NNC(=O)c1ccc(C(=O)NCCc2ccncc2)s1)c1csc(-c2ccc3c(c2)CCCC3)c1O. The Hall–Kier alpha value is -3.82. The summed E-state index contributed by atoms with van der Waals surface area (Å²) < 4.78 is 0. The summed E-state index contributed by atoms with van der Waals surface area (Å²) in [6.07, 6.45) is 8.77. The molecule has 1 aliphatic carbocycles. The lowest BCUT2D eigenvalue weighted by Gasteiger charge is -2.16. The maximum absolute atomic E-state index is 12.7. The number of aryl methyl sites for hydroxylation is 2. The summed E-state index contributed by atoms with van der Waals surface area (Å²) in [4.78, 5) is 30.7. The minimum absolute atomic E-state index is 0.170. The standard InChI is InChI=1S/C29H28N4O3S2/c1-18(23-17-37-27(26(23)34)22-7-6-20-4-2-3-5-21(20)16-22)32-33-29(36)25-9-8-24(38-25)28(35)31-15-12-19-10-13-30-14-11-19/h6-11,13-14,16-17,34H,2-5,12,15H2,1H3,(H,31,35)(H,33,36). The van der Waals surface area contributed by atoms with Crippen molar-refractivity contribution in [3.8, 4) is 16.2 Å². The Balaban J connectivity index is 1.19. The highest BCUT2D eigenvalue weighted by Crippen LogP contribution is 2.40. The maximum atomic E-state index is 12.7. The molecule has 3 N–H and O–H groups in total. The molecular formula is C29H28N4O3S2. The fourth-order valence-corrected chi connectivity index (χ4v) is 6.29. The van der Waals surface area contributed by atoms with Crippen molar-refractivity contribution in [3.05, 3.63) is 92.2 Å². The van der Waals surface area contributed by atoms with Crippen molar-refractivity contribution in [2.75, 3.05) is 6.54 Å². The first kappa shape index (κ1) is 25.8. The van der Waals surface area contributed by atoms with Gasteiger partial charge >= 0.3 is 0 Å². The number of rotatable bonds is 8. The van der Waals surface area contributed by atoms with Crippen LogP contribution < -0.4 is 10.7 Å². The summed E-state index contributed by atoms with van der Waals surface area (Å²) in [7, 11) is 0. The molecule has 7 nitrogen and oxygen atoms in total. The first-order valence-electron chi connectivity index (χ1n) is 12.5. The van der Waals surface area contributed by atoms with Gasteiger partial charge in [-0.1, -0.05) is 12.1 Å². The third-order valence-electron chi connectivity index (χ3n) is 6.59. The molecule has 0 fully saturated rings. The number of thiophene rings is 2. The van der Waals surface area contributed by atoms with E-state index in [-0.39, 0.29) is 11.7 Å². The van der Waals surface area contributed by atoms with Gasteiger partial charge in [-0.25, -0.2) is 5.43 Å². The number of fused-ring (bicyclic) bond motifs is 1. The molecule has 3 heterocycles. The minimum Gasteiger partial charge on any atom is -0.506 e. The van der Waals surface area contributed by atoms with Gasteiger partial charge in [-0.2, -0.15) is 5.10 Å². The molecule has 3 aromatic heterocycles. The van der Waals surface area contributed by atoms with Crippen LogP contribution in [0.5, 0.6) is 5.75 Å². The van der Waals surface area contributed by atoms with Crippen LogP contribution in [0.2, 0.25) is 0 Å². The summed E-state index contributed by atoms with van der Waals surface area (Å²) >= 11 is 2.57. The van der Waals surface area contributed by atoms with Crippen LogP contribution in [0.3, 0.4) is 0 Å². The summed E-state index contributed by atoms with van der Waals surface area (Å²) in [5.74, 6) is -0.460. The smallest absolute Gasteiger partial charge is 0.281 e. The number of aromatic nitrogens is 1. The van der Waals surface area contributed by atoms with Gasteiger partial charge in [0.1, 0.15) is 5.75 Å². The monoisotopic (exact) mass is 544 g/mol. The molecule has 9 heteroatoms. The third-order valence-corrected chi connectivity index (χ3v) is 8.69. The first-order chi connectivity index (χ1) is 18.5. The molecule has 0 unspecified atom stereocenters. The summed E-state index contributed by atoms with van der Waals surface area (Å²) in [6.45, 7) is 2.23. The molecule has 5 rings (SSSR count). The molecule has 4 aromatic rings. The van der Waals surface area contributed by atoms with Gasteiger partial charge in [-0.15, -0.1) is 22.7 Å². The van der Waals surface area contributed by atoms with Gasteiger partial charge < -0.3 is 10.4 Å². The molecule has 0 atom stereocenters. The van der Waals surface area contributed by atoms with Crippen molar-refractivity contribution in [3.63, 3.8) is 0 Å². The van der Waals surface area contributed by atoms with E-state index in [4.69, 9.17) is 0 Å². The van der Waals surface area contributed by atoms with Crippen LogP contribution in [0.25, 0.3) is 10.4 Å². The maximum Gasteiger partial charge on any atom is 0.281 e. The Labute approximate surface area is 229 Å². The molecule has 0 saturated heterocycles. The number of amides is 2. The molecule has 0 aliphatic heterocycles. The van der Waals surface area contributed by atoms with Gasteiger partial charge in [0.15, 0.2) is 0 Å². The fourth-order valence-electron chi connectivity index (χ4n) is 4.48. The van der Waals surface area contributed by atoms with Crippen LogP contribution in [-0.4, -0.2) is 34.2 Å². The Morgan fingerprint density at radius 1 is 1.00 bits per heavy atom. The first-order valence-corrected chi connectivity index (χ1v) is 14.2. The third kappa shape index (κ3) is 5.84. The zero-order chi connectivity index (χ0) is 26.5. The molecule has 194 valence electrons. The molecular weight excluding hydrogens is 516 g/mol. The number of hydrogen-bond donors (Lipinski definition) is 3. The highest BCUT2D eigenvalue weighted by atomic mass is 32.1. The minimum atomic E-state index is -0.408. The van der Waals surface area contributed by atoms with E-state index in [9.17, 15) is 14.7 Å². The van der Waals surface area contributed by atoms with Crippen LogP contribution in [-0.2, 0) is 19.3 Å². The molecule has 0 spiro atoms. The zero-order valence-corrected chi connectivity index (χ0v) is 22.6. The van der Waals surface area contributed by atoms with Gasteiger partial charge in [0.25, 0.3) is 11.8 Å². The van der Waals surface area contributed by atoms with Crippen molar-refractivity contribution in [2.45, 2.75) is 39.0 Å². The number of carbonyl (C=O) groups is 2. The average Bonchev–Trinajstić information content (AvgIpc) is 3.59. The van der Waals surface area contributed by atoms with Gasteiger partial charge in [0, 0.05) is 24.3 Å². The predicted molar refractivity (Wildman–Crippen MR) is 152 cm³/mol. The van der Waals surface area contributed by atoms with E-state index in [2.05, 4.69) is 39.0 Å². The van der Waals surface area contributed by atoms with E-state index in [0.29, 0.717) is 34.0 Å². The lowest BCUT2D eigenvalue weighted by Crippen LogP contribution is -2.24. The number of aromatic hydroxyl groups is 1. The van der Waals surface area contributed by atoms with Crippen molar-refractivity contribution in [1.82, 2.24) is 15.7 Å². The Kier molecular flexibility index (Phi) is 7.95. The molecule has 2 amide bonds. The summed E-state index contributed by atoms with van der Waals surface area (Å²) in [5.41, 5.74) is 8.48. The number of benzene rings is 1. The highest BCUT2D eigenvalue weighted by Gasteiger charge is 2.18.